The van der Waals surface area contributed by atoms with Crippen LogP contribution in [0, 0.1) is 21.4 Å². The first-order chi connectivity index (χ1) is 10.1. The average molecular weight is 346 g/mol. The van der Waals surface area contributed by atoms with Crippen LogP contribution in [0.3, 0.4) is 0 Å². The highest BCUT2D eigenvalue weighted by atomic mass is 79.9. The zero-order valence-corrected chi connectivity index (χ0v) is 12.6. The Morgan fingerprint density at radius 2 is 1.90 bits per heavy atom. The Morgan fingerprint density at radius 1 is 1.19 bits per heavy atom. The fourth-order valence-corrected chi connectivity index (χ4v) is 2.30. The molecule has 0 aromatic heterocycles. The predicted octanol–water partition coefficient (Wildman–Crippen LogP) is 3.52. The van der Waals surface area contributed by atoms with Gasteiger partial charge in [0.25, 0.3) is 5.69 Å². The topological polar surface area (TPSA) is 79.0 Å². The van der Waals surface area contributed by atoms with E-state index in [0.29, 0.717) is 23.1 Å². The van der Waals surface area contributed by atoms with Crippen LogP contribution in [0.4, 0.5) is 5.69 Å². The minimum atomic E-state index is -0.413. The number of nitriles is 1. The van der Waals surface area contributed by atoms with E-state index >= 15 is 0 Å². The van der Waals surface area contributed by atoms with Crippen molar-refractivity contribution in [3.05, 3.63) is 73.7 Å². The molecule has 5 nitrogen and oxygen atoms in total. The quantitative estimate of drug-likeness (QED) is 0.664. The number of hydrogen-bond donors (Lipinski definition) is 1. The summed E-state index contributed by atoms with van der Waals surface area (Å²) in [6.45, 7) is 1.12. The number of nitro benzene ring substituents is 1. The third-order valence-electron chi connectivity index (χ3n) is 2.92. The second-order valence-electron chi connectivity index (χ2n) is 4.46. The third-order valence-corrected chi connectivity index (χ3v) is 3.59. The molecule has 0 atom stereocenters. The molecule has 0 fully saturated rings. The van der Waals surface area contributed by atoms with Crippen molar-refractivity contribution in [3.8, 4) is 6.07 Å². The van der Waals surface area contributed by atoms with Crippen LogP contribution in [0.15, 0.2) is 46.9 Å². The Labute approximate surface area is 130 Å². The monoisotopic (exact) mass is 345 g/mol. The van der Waals surface area contributed by atoms with E-state index in [0.717, 1.165) is 11.1 Å². The number of halogens is 1. The van der Waals surface area contributed by atoms with Crippen LogP contribution in [-0.2, 0) is 13.1 Å². The molecule has 0 bridgehead atoms. The van der Waals surface area contributed by atoms with E-state index in [-0.39, 0.29) is 5.69 Å². The molecule has 0 amide bonds. The van der Waals surface area contributed by atoms with E-state index in [1.165, 1.54) is 0 Å². The van der Waals surface area contributed by atoms with Crippen LogP contribution in [0.5, 0.6) is 0 Å². The summed E-state index contributed by atoms with van der Waals surface area (Å²) < 4.78 is 0.470. The summed E-state index contributed by atoms with van der Waals surface area (Å²) in [5.41, 5.74) is 2.51. The summed E-state index contributed by atoms with van der Waals surface area (Å²) >= 11 is 3.16. The van der Waals surface area contributed by atoms with Crippen LogP contribution >= 0.6 is 15.9 Å². The molecular weight excluding hydrogens is 334 g/mol. The first-order valence-electron chi connectivity index (χ1n) is 6.22. The highest BCUT2D eigenvalue weighted by Crippen LogP contribution is 2.25. The van der Waals surface area contributed by atoms with Gasteiger partial charge in [-0.1, -0.05) is 18.2 Å². The minimum absolute atomic E-state index is 0.0563. The van der Waals surface area contributed by atoms with Crippen molar-refractivity contribution in [2.24, 2.45) is 0 Å². The van der Waals surface area contributed by atoms with Crippen molar-refractivity contribution in [1.82, 2.24) is 5.32 Å². The first kappa shape index (κ1) is 15.2. The van der Waals surface area contributed by atoms with E-state index in [4.69, 9.17) is 5.26 Å². The van der Waals surface area contributed by atoms with Gasteiger partial charge in [-0.3, -0.25) is 10.1 Å². The van der Waals surface area contributed by atoms with Crippen LogP contribution in [0.2, 0.25) is 0 Å². The molecule has 2 aromatic carbocycles. The highest BCUT2D eigenvalue weighted by Gasteiger charge is 2.11. The Kier molecular flexibility index (Phi) is 5.04. The van der Waals surface area contributed by atoms with Gasteiger partial charge in [0.1, 0.15) is 0 Å². The summed E-state index contributed by atoms with van der Waals surface area (Å²) in [6, 6.07) is 14.5. The van der Waals surface area contributed by atoms with Gasteiger partial charge in [0, 0.05) is 19.2 Å². The first-order valence-corrected chi connectivity index (χ1v) is 7.02. The predicted molar refractivity (Wildman–Crippen MR) is 82.5 cm³/mol. The molecule has 0 heterocycles. The lowest BCUT2D eigenvalue weighted by atomic mass is 10.1. The molecule has 0 aliphatic heterocycles. The number of nitrogens with one attached hydrogen (secondary N) is 1. The van der Waals surface area contributed by atoms with E-state index in [1.54, 1.807) is 18.2 Å². The lowest BCUT2D eigenvalue weighted by Crippen LogP contribution is -2.12. The van der Waals surface area contributed by atoms with Crippen LogP contribution < -0.4 is 5.32 Å². The number of benzene rings is 2. The van der Waals surface area contributed by atoms with E-state index in [1.807, 2.05) is 24.3 Å². The Hall–Kier alpha value is -2.23. The number of nitro groups is 1. The molecular formula is C15H12BrN3O2. The number of rotatable bonds is 5. The number of hydrogen-bond acceptors (Lipinski definition) is 4. The summed E-state index contributed by atoms with van der Waals surface area (Å²) in [5, 5.41) is 22.9. The highest BCUT2D eigenvalue weighted by molar-refractivity contribution is 9.10. The maximum absolute atomic E-state index is 10.9. The molecule has 0 aliphatic carbocycles. The Morgan fingerprint density at radius 3 is 2.57 bits per heavy atom. The van der Waals surface area contributed by atoms with E-state index < -0.39 is 4.92 Å². The maximum atomic E-state index is 10.9. The molecule has 0 saturated heterocycles. The lowest BCUT2D eigenvalue weighted by Gasteiger charge is -2.06. The molecule has 0 aliphatic rings. The summed E-state index contributed by atoms with van der Waals surface area (Å²) in [6.07, 6.45) is 0. The summed E-state index contributed by atoms with van der Waals surface area (Å²) in [7, 11) is 0. The normalized spacial score (nSPS) is 10.1. The van der Waals surface area contributed by atoms with Crippen molar-refractivity contribution < 1.29 is 4.92 Å². The van der Waals surface area contributed by atoms with Gasteiger partial charge in [-0.05, 0) is 45.3 Å². The van der Waals surface area contributed by atoms with Crippen molar-refractivity contribution in [1.29, 1.82) is 5.26 Å². The Bertz CT molecular complexity index is 710. The fraction of sp³-hybridized carbons (Fsp3) is 0.133. The van der Waals surface area contributed by atoms with Gasteiger partial charge >= 0.3 is 0 Å². The summed E-state index contributed by atoms with van der Waals surface area (Å²) in [4.78, 5) is 10.5. The molecule has 2 rings (SSSR count). The van der Waals surface area contributed by atoms with Gasteiger partial charge in [0.05, 0.1) is 21.0 Å². The molecule has 0 unspecified atom stereocenters. The SMILES string of the molecule is N#Cc1cccc(CNCc2ccc(Br)c([N+](=O)[O-])c2)c1. The van der Waals surface area contributed by atoms with Crippen LogP contribution in [0.25, 0.3) is 0 Å². The molecule has 0 radical (unpaired) electrons. The van der Waals surface area contributed by atoms with Crippen molar-refractivity contribution in [3.63, 3.8) is 0 Å². The smallest absolute Gasteiger partial charge is 0.283 e. The average Bonchev–Trinajstić information content (AvgIpc) is 2.49. The van der Waals surface area contributed by atoms with E-state index in [9.17, 15) is 10.1 Å². The molecule has 106 valence electrons. The van der Waals surface area contributed by atoms with Gasteiger partial charge in [-0.15, -0.1) is 0 Å². The van der Waals surface area contributed by atoms with Gasteiger partial charge in [0.2, 0.25) is 0 Å². The maximum Gasteiger partial charge on any atom is 0.283 e. The van der Waals surface area contributed by atoms with Gasteiger partial charge in [0.15, 0.2) is 0 Å². The van der Waals surface area contributed by atoms with Gasteiger partial charge in [-0.25, -0.2) is 0 Å². The number of nitrogens with zero attached hydrogens (tertiary/aromatic N) is 2. The zero-order chi connectivity index (χ0) is 15.2. The molecule has 2 aromatic rings. The minimum Gasteiger partial charge on any atom is -0.309 e. The standard InChI is InChI=1S/C15H12BrN3O2/c16-14-5-4-13(7-15(14)19(20)21)10-18-9-12-3-1-2-11(6-12)8-17/h1-7,18H,9-10H2. The van der Waals surface area contributed by atoms with E-state index in [2.05, 4.69) is 27.3 Å². The van der Waals surface area contributed by atoms with Gasteiger partial charge in [-0.2, -0.15) is 5.26 Å². The third kappa shape index (κ3) is 4.12. The molecule has 0 saturated carbocycles. The van der Waals surface area contributed by atoms with Gasteiger partial charge < -0.3 is 5.32 Å². The second-order valence-corrected chi connectivity index (χ2v) is 5.31. The Balaban J connectivity index is 1.99. The molecule has 6 heteroatoms. The van der Waals surface area contributed by atoms with Crippen molar-refractivity contribution in [2.45, 2.75) is 13.1 Å². The lowest BCUT2D eigenvalue weighted by molar-refractivity contribution is -0.385. The molecule has 0 spiro atoms. The molecule has 1 N–H and O–H groups in total. The van der Waals surface area contributed by atoms with Crippen LogP contribution in [-0.4, -0.2) is 4.92 Å². The fourth-order valence-electron chi connectivity index (χ4n) is 1.91. The van der Waals surface area contributed by atoms with Crippen LogP contribution in [0.1, 0.15) is 16.7 Å². The largest absolute Gasteiger partial charge is 0.309 e. The second kappa shape index (κ2) is 6.97. The zero-order valence-electron chi connectivity index (χ0n) is 11.0. The molecule has 21 heavy (non-hydrogen) atoms. The summed E-state index contributed by atoms with van der Waals surface area (Å²) in [5.74, 6) is 0. The van der Waals surface area contributed by atoms with Crippen molar-refractivity contribution >= 4 is 21.6 Å². The van der Waals surface area contributed by atoms with Crippen molar-refractivity contribution in [2.75, 3.05) is 0 Å².